The first-order valence-electron chi connectivity index (χ1n) is 3.50. The number of halogens is 1. The van der Waals surface area contributed by atoms with E-state index in [1.165, 1.54) is 12.1 Å². The summed E-state index contributed by atoms with van der Waals surface area (Å²) in [6.45, 7) is -0.318. The molecule has 0 aliphatic rings. The van der Waals surface area contributed by atoms with Crippen LogP contribution in [0, 0.1) is 5.82 Å². The lowest BCUT2D eigenvalue weighted by Gasteiger charge is -2.09. The Morgan fingerprint density at radius 3 is 2.67 bits per heavy atom. The molecule has 1 aromatic carbocycles. The number of hydrogen-bond donors (Lipinski definition) is 3. The fraction of sp³-hybridized carbons (Fsp3) is 0.250. The Hall–Kier alpha value is -1.13. The normalized spacial score (nSPS) is 12.9. The third kappa shape index (κ3) is 1.72. The van der Waals surface area contributed by atoms with Crippen LogP contribution in [0.25, 0.3) is 0 Å². The lowest BCUT2D eigenvalue weighted by atomic mass is 10.1. The number of aliphatic hydroxyl groups excluding tert-OH is 1. The van der Waals surface area contributed by atoms with Gasteiger partial charge in [-0.3, -0.25) is 0 Å². The molecule has 1 atom stereocenters. The van der Waals surface area contributed by atoms with Crippen LogP contribution in [0.15, 0.2) is 18.2 Å². The van der Waals surface area contributed by atoms with Gasteiger partial charge < -0.3 is 15.9 Å². The Kier molecular flexibility index (Phi) is 2.62. The van der Waals surface area contributed by atoms with Crippen molar-refractivity contribution in [1.82, 2.24) is 0 Å². The maximum Gasteiger partial charge on any atom is 0.131 e. The molecule has 0 aliphatic carbocycles. The second-order valence-electron chi connectivity index (χ2n) is 2.49. The molecule has 0 radical (unpaired) electrons. The van der Waals surface area contributed by atoms with Crippen molar-refractivity contribution in [2.75, 3.05) is 6.61 Å². The van der Waals surface area contributed by atoms with Gasteiger partial charge in [-0.05, 0) is 6.07 Å². The third-order valence-electron chi connectivity index (χ3n) is 1.58. The fourth-order valence-electron chi connectivity index (χ4n) is 0.915. The van der Waals surface area contributed by atoms with Gasteiger partial charge in [-0.2, -0.15) is 0 Å². The molecule has 4 N–H and O–H groups in total. The van der Waals surface area contributed by atoms with Gasteiger partial charge in [0.1, 0.15) is 11.6 Å². The smallest absolute Gasteiger partial charge is 0.131 e. The Labute approximate surface area is 69.3 Å². The number of phenolic OH excluding ortho intramolecular Hbond substituents is 1. The standard InChI is InChI=1S/C8H10FNO2/c9-7-3-5(12)1-2-6(7)8(10)4-11/h1-3,8,11-12H,4,10H2/t8-/m1/s1. The van der Waals surface area contributed by atoms with Crippen molar-refractivity contribution in [2.24, 2.45) is 5.73 Å². The summed E-state index contributed by atoms with van der Waals surface area (Å²) in [5, 5.41) is 17.5. The molecule has 0 spiro atoms. The Morgan fingerprint density at radius 1 is 1.50 bits per heavy atom. The number of benzene rings is 1. The molecule has 66 valence electrons. The van der Waals surface area contributed by atoms with Crippen molar-refractivity contribution in [1.29, 1.82) is 0 Å². The zero-order valence-electron chi connectivity index (χ0n) is 6.37. The van der Waals surface area contributed by atoms with Crippen LogP contribution < -0.4 is 5.73 Å². The molecule has 0 heterocycles. The zero-order chi connectivity index (χ0) is 9.14. The lowest BCUT2D eigenvalue weighted by Crippen LogP contribution is -2.15. The van der Waals surface area contributed by atoms with Crippen molar-refractivity contribution in [2.45, 2.75) is 6.04 Å². The van der Waals surface area contributed by atoms with E-state index < -0.39 is 11.9 Å². The number of aliphatic hydroxyl groups is 1. The van der Waals surface area contributed by atoms with Crippen LogP contribution in [0.1, 0.15) is 11.6 Å². The van der Waals surface area contributed by atoms with Gasteiger partial charge in [-0.25, -0.2) is 4.39 Å². The highest BCUT2D eigenvalue weighted by Gasteiger charge is 2.09. The van der Waals surface area contributed by atoms with E-state index in [0.29, 0.717) is 0 Å². The number of rotatable bonds is 2. The minimum absolute atomic E-state index is 0.151. The predicted octanol–water partition coefficient (Wildman–Crippen LogP) is 0.523. The molecule has 0 saturated carbocycles. The molecule has 0 aliphatic heterocycles. The van der Waals surface area contributed by atoms with Crippen molar-refractivity contribution in [3.8, 4) is 5.75 Å². The fourth-order valence-corrected chi connectivity index (χ4v) is 0.915. The summed E-state index contributed by atoms with van der Waals surface area (Å²) in [5.74, 6) is -0.752. The summed E-state index contributed by atoms with van der Waals surface area (Å²) in [5.41, 5.74) is 5.58. The first-order valence-corrected chi connectivity index (χ1v) is 3.50. The first kappa shape index (κ1) is 8.96. The highest BCUT2D eigenvalue weighted by atomic mass is 19.1. The van der Waals surface area contributed by atoms with Crippen LogP contribution in [0.5, 0.6) is 5.75 Å². The average molecular weight is 171 g/mol. The van der Waals surface area contributed by atoms with E-state index in [9.17, 15) is 4.39 Å². The van der Waals surface area contributed by atoms with Crippen LogP contribution in [-0.2, 0) is 0 Å². The summed E-state index contributed by atoms with van der Waals surface area (Å²) in [7, 11) is 0. The van der Waals surface area contributed by atoms with E-state index in [1.54, 1.807) is 0 Å². The van der Waals surface area contributed by atoms with Gasteiger partial charge >= 0.3 is 0 Å². The number of hydrogen-bond acceptors (Lipinski definition) is 3. The summed E-state index contributed by atoms with van der Waals surface area (Å²) >= 11 is 0. The van der Waals surface area contributed by atoms with Gasteiger partial charge in [0.15, 0.2) is 0 Å². The van der Waals surface area contributed by atoms with E-state index in [4.69, 9.17) is 15.9 Å². The summed E-state index contributed by atoms with van der Waals surface area (Å²) in [4.78, 5) is 0. The van der Waals surface area contributed by atoms with E-state index >= 15 is 0 Å². The van der Waals surface area contributed by atoms with Gasteiger partial charge in [0.2, 0.25) is 0 Å². The molecule has 12 heavy (non-hydrogen) atoms. The van der Waals surface area contributed by atoms with E-state index in [2.05, 4.69) is 0 Å². The van der Waals surface area contributed by atoms with Crippen LogP contribution in [0.4, 0.5) is 4.39 Å². The second kappa shape index (κ2) is 3.51. The highest BCUT2D eigenvalue weighted by molar-refractivity contribution is 5.29. The SMILES string of the molecule is N[C@H](CO)c1ccc(O)cc1F. The molecule has 0 fully saturated rings. The van der Waals surface area contributed by atoms with Crippen molar-refractivity contribution in [3.63, 3.8) is 0 Å². The molecule has 1 rings (SSSR count). The van der Waals surface area contributed by atoms with Crippen LogP contribution in [-0.4, -0.2) is 16.8 Å². The first-order chi connectivity index (χ1) is 5.65. The summed E-state index contributed by atoms with van der Waals surface area (Å²) < 4.78 is 12.9. The minimum atomic E-state index is -0.731. The molecule has 1 aromatic rings. The maximum absolute atomic E-state index is 12.9. The molecule has 0 saturated heterocycles. The molecule has 0 bridgehead atoms. The molecular formula is C8H10FNO2. The monoisotopic (exact) mass is 171 g/mol. The quantitative estimate of drug-likeness (QED) is 0.607. The summed E-state index contributed by atoms with van der Waals surface area (Å²) in [6, 6.07) is 2.91. The van der Waals surface area contributed by atoms with Crippen molar-refractivity contribution in [3.05, 3.63) is 29.6 Å². The van der Waals surface area contributed by atoms with Gasteiger partial charge in [0.05, 0.1) is 12.6 Å². The van der Waals surface area contributed by atoms with Crippen molar-refractivity contribution < 1.29 is 14.6 Å². The van der Waals surface area contributed by atoms with Crippen LogP contribution in [0.2, 0.25) is 0 Å². The Balaban J connectivity index is 3.01. The van der Waals surface area contributed by atoms with Gasteiger partial charge in [-0.15, -0.1) is 0 Å². The molecular weight excluding hydrogens is 161 g/mol. The molecule has 0 aromatic heterocycles. The van der Waals surface area contributed by atoms with Crippen LogP contribution in [0.3, 0.4) is 0 Å². The topological polar surface area (TPSA) is 66.5 Å². The van der Waals surface area contributed by atoms with E-state index in [-0.39, 0.29) is 17.9 Å². The molecule has 4 heteroatoms. The van der Waals surface area contributed by atoms with Crippen molar-refractivity contribution >= 4 is 0 Å². The average Bonchev–Trinajstić information content (AvgIpc) is 2.03. The largest absolute Gasteiger partial charge is 0.508 e. The van der Waals surface area contributed by atoms with E-state index in [1.807, 2.05) is 0 Å². The minimum Gasteiger partial charge on any atom is -0.508 e. The predicted molar refractivity (Wildman–Crippen MR) is 42.1 cm³/mol. The molecule has 0 amide bonds. The Bertz CT molecular complexity index is 278. The summed E-state index contributed by atoms with van der Waals surface area (Å²) in [6.07, 6.45) is 0. The highest BCUT2D eigenvalue weighted by Crippen LogP contribution is 2.19. The number of nitrogens with two attached hydrogens (primary N) is 1. The van der Waals surface area contributed by atoms with Crippen LogP contribution >= 0.6 is 0 Å². The Morgan fingerprint density at radius 2 is 2.17 bits per heavy atom. The van der Waals surface area contributed by atoms with Gasteiger partial charge in [0, 0.05) is 11.6 Å². The van der Waals surface area contributed by atoms with Gasteiger partial charge in [0.25, 0.3) is 0 Å². The maximum atomic E-state index is 12.9. The third-order valence-corrected chi connectivity index (χ3v) is 1.58. The van der Waals surface area contributed by atoms with Gasteiger partial charge in [-0.1, -0.05) is 6.07 Å². The zero-order valence-corrected chi connectivity index (χ0v) is 6.37. The lowest BCUT2D eigenvalue weighted by molar-refractivity contribution is 0.265. The van der Waals surface area contributed by atoms with E-state index in [0.717, 1.165) is 6.07 Å². The number of phenols is 1. The second-order valence-corrected chi connectivity index (χ2v) is 2.49. The molecule has 3 nitrogen and oxygen atoms in total. The number of aromatic hydroxyl groups is 1. The molecule has 0 unspecified atom stereocenters.